The highest BCUT2D eigenvalue weighted by atomic mass is 19.4. The first-order chi connectivity index (χ1) is 17.8. The number of carbonyl (C=O) groups excluding carboxylic acids is 4. The maximum atomic E-state index is 12.7. The van der Waals surface area contributed by atoms with Crippen LogP contribution >= 0.6 is 0 Å². The summed E-state index contributed by atoms with van der Waals surface area (Å²) in [5.41, 5.74) is 6.11. The van der Waals surface area contributed by atoms with Gasteiger partial charge in [0.1, 0.15) is 12.1 Å². The van der Waals surface area contributed by atoms with Gasteiger partial charge in [-0.25, -0.2) is 9.59 Å². The molecule has 1 aliphatic rings. The van der Waals surface area contributed by atoms with Crippen LogP contribution in [0.5, 0.6) is 0 Å². The highest BCUT2D eigenvalue weighted by molar-refractivity contribution is 6.12. The van der Waals surface area contributed by atoms with Crippen LogP contribution in [-0.4, -0.2) is 82.0 Å². The highest BCUT2D eigenvalue weighted by Crippen LogP contribution is 2.13. The first-order valence-corrected chi connectivity index (χ1v) is 11.2. The number of benzene rings is 1. The topological polar surface area (TPSA) is 196 Å². The van der Waals surface area contributed by atoms with Gasteiger partial charge in [0.05, 0.1) is 6.54 Å². The molecule has 1 heterocycles. The number of halogens is 3. The number of rotatable bonds is 12. The van der Waals surface area contributed by atoms with Gasteiger partial charge in [-0.2, -0.15) is 13.2 Å². The lowest BCUT2D eigenvalue weighted by Crippen LogP contribution is -2.53. The summed E-state index contributed by atoms with van der Waals surface area (Å²) in [4.78, 5) is 69.1. The molecule has 0 bridgehead atoms. The Hall–Kier alpha value is -4.27. The molecular formula is C23H27F3N4O8. The third-order valence-electron chi connectivity index (χ3n) is 5.00. The Morgan fingerprint density at radius 2 is 1.47 bits per heavy atom. The van der Waals surface area contributed by atoms with E-state index in [1.165, 1.54) is 12.2 Å². The molecule has 0 saturated carbocycles. The van der Waals surface area contributed by atoms with Crippen LogP contribution in [0.15, 0.2) is 42.5 Å². The molecule has 38 heavy (non-hydrogen) atoms. The van der Waals surface area contributed by atoms with Gasteiger partial charge in [-0.05, 0) is 24.8 Å². The van der Waals surface area contributed by atoms with Crippen LogP contribution in [0, 0.1) is 0 Å². The maximum Gasteiger partial charge on any atom is 0.490 e. The van der Waals surface area contributed by atoms with Crippen molar-refractivity contribution in [3.8, 4) is 0 Å². The fourth-order valence-corrected chi connectivity index (χ4v) is 3.11. The zero-order valence-corrected chi connectivity index (χ0v) is 19.9. The second-order valence-electron chi connectivity index (χ2n) is 7.87. The van der Waals surface area contributed by atoms with E-state index < -0.39 is 53.8 Å². The summed E-state index contributed by atoms with van der Waals surface area (Å²) in [6, 6.07) is 6.83. The number of aliphatic carboxylic acids is 2. The van der Waals surface area contributed by atoms with Gasteiger partial charge >= 0.3 is 18.1 Å². The normalized spacial score (nSPS) is 14.3. The first-order valence-electron chi connectivity index (χ1n) is 11.2. The largest absolute Gasteiger partial charge is 0.490 e. The lowest BCUT2D eigenvalue weighted by atomic mass is 10.0. The van der Waals surface area contributed by atoms with Crippen molar-refractivity contribution in [1.82, 2.24) is 15.5 Å². The Morgan fingerprint density at radius 3 is 1.95 bits per heavy atom. The van der Waals surface area contributed by atoms with Crippen molar-refractivity contribution >= 4 is 35.6 Å². The third kappa shape index (κ3) is 11.2. The minimum Gasteiger partial charge on any atom is -0.480 e. The average molecular weight is 544 g/mol. The molecule has 12 nitrogen and oxygen atoms in total. The average Bonchev–Trinajstić information content (AvgIpc) is 3.17. The van der Waals surface area contributed by atoms with Gasteiger partial charge in [0.15, 0.2) is 0 Å². The van der Waals surface area contributed by atoms with E-state index in [-0.39, 0.29) is 25.9 Å². The molecule has 0 saturated heterocycles. The van der Waals surface area contributed by atoms with Crippen LogP contribution in [0.3, 0.4) is 0 Å². The molecule has 2 unspecified atom stereocenters. The number of carboxylic acid groups (broad SMARTS) is 2. The van der Waals surface area contributed by atoms with Crippen molar-refractivity contribution in [2.75, 3.05) is 13.1 Å². The summed E-state index contributed by atoms with van der Waals surface area (Å²) < 4.78 is 31.7. The van der Waals surface area contributed by atoms with E-state index >= 15 is 0 Å². The number of hydrogen-bond acceptors (Lipinski definition) is 7. The van der Waals surface area contributed by atoms with Gasteiger partial charge in [0, 0.05) is 25.1 Å². The third-order valence-corrected chi connectivity index (χ3v) is 5.00. The molecule has 6 N–H and O–H groups in total. The minimum atomic E-state index is -5.08. The number of alkyl halides is 3. The molecular weight excluding hydrogens is 517 g/mol. The van der Waals surface area contributed by atoms with E-state index in [0.717, 1.165) is 10.5 Å². The first kappa shape index (κ1) is 31.8. The van der Waals surface area contributed by atoms with E-state index in [9.17, 15) is 42.3 Å². The Labute approximate surface area is 214 Å². The van der Waals surface area contributed by atoms with Crippen molar-refractivity contribution in [2.24, 2.45) is 5.73 Å². The summed E-state index contributed by atoms with van der Waals surface area (Å²) in [6.07, 6.45) is -1.66. The van der Waals surface area contributed by atoms with E-state index in [2.05, 4.69) is 10.6 Å². The lowest BCUT2D eigenvalue weighted by Gasteiger charge is -2.22. The number of carbonyl (C=O) groups is 6. The number of nitrogens with two attached hydrogens (primary N) is 1. The lowest BCUT2D eigenvalue weighted by molar-refractivity contribution is -0.192. The minimum absolute atomic E-state index is 0.105. The molecule has 0 radical (unpaired) electrons. The fraction of sp³-hybridized carbons (Fsp3) is 0.391. The fourth-order valence-electron chi connectivity index (χ4n) is 3.11. The predicted octanol–water partition coefficient (Wildman–Crippen LogP) is -0.0294. The molecule has 0 spiro atoms. The van der Waals surface area contributed by atoms with Crippen molar-refractivity contribution in [3.05, 3.63) is 48.0 Å². The van der Waals surface area contributed by atoms with Gasteiger partial charge < -0.3 is 26.6 Å². The second-order valence-corrected chi connectivity index (χ2v) is 7.87. The highest BCUT2D eigenvalue weighted by Gasteiger charge is 2.38. The maximum absolute atomic E-state index is 12.7. The van der Waals surface area contributed by atoms with Crippen molar-refractivity contribution < 1.29 is 52.2 Å². The van der Waals surface area contributed by atoms with Crippen LogP contribution in [0.4, 0.5) is 13.2 Å². The van der Waals surface area contributed by atoms with Crippen LogP contribution < -0.4 is 16.4 Å². The van der Waals surface area contributed by atoms with E-state index in [0.29, 0.717) is 12.8 Å². The number of nitrogens with one attached hydrogen (secondary N) is 2. The van der Waals surface area contributed by atoms with Gasteiger partial charge in [0.25, 0.3) is 11.8 Å². The molecule has 2 rings (SSSR count). The van der Waals surface area contributed by atoms with E-state index in [4.69, 9.17) is 15.6 Å². The van der Waals surface area contributed by atoms with Crippen molar-refractivity contribution in [1.29, 1.82) is 0 Å². The zero-order chi connectivity index (χ0) is 28.9. The molecule has 208 valence electrons. The summed E-state index contributed by atoms with van der Waals surface area (Å²) >= 11 is 0. The number of nitrogens with zero attached hydrogens (tertiary/aromatic N) is 1. The number of hydrogen-bond donors (Lipinski definition) is 5. The van der Waals surface area contributed by atoms with Gasteiger partial charge in [0.2, 0.25) is 11.8 Å². The molecule has 0 aromatic heterocycles. The van der Waals surface area contributed by atoms with Crippen molar-refractivity contribution in [2.45, 2.75) is 43.9 Å². The van der Waals surface area contributed by atoms with E-state index in [1.54, 1.807) is 24.3 Å². The van der Waals surface area contributed by atoms with Crippen molar-refractivity contribution in [3.63, 3.8) is 0 Å². The summed E-state index contributed by atoms with van der Waals surface area (Å²) in [6.45, 7) is -0.127. The van der Waals surface area contributed by atoms with Gasteiger partial charge in [-0.3, -0.25) is 24.1 Å². The molecule has 2 atom stereocenters. The van der Waals surface area contributed by atoms with E-state index in [1.807, 2.05) is 6.07 Å². The van der Waals surface area contributed by atoms with Gasteiger partial charge in [-0.15, -0.1) is 0 Å². The Kier molecular flexibility index (Phi) is 12.6. The molecule has 4 amide bonds. The second kappa shape index (κ2) is 15.1. The standard InChI is InChI=1S/C21H26N4O6.C2HF3O2/c22-13-17(26)23-16(12-14-6-2-1-3-7-14)20(29)24-15(21(30)31)8-4-5-11-25-18(27)9-10-19(25)28;3-2(4,5)1(6)7/h1-3,6-7,9-10,15-16H,4-5,8,11-13,22H2,(H,23,26)(H,24,29)(H,30,31);(H,6,7). The van der Waals surface area contributed by atoms with Crippen LogP contribution in [0.1, 0.15) is 24.8 Å². The number of amides is 4. The number of unbranched alkanes of at least 4 members (excludes halogenated alkanes) is 1. The summed E-state index contributed by atoms with van der Waals surface area (Å²) in [7, 11) is 0. The smallest absolute Gasteiger partial charge is 0.480 e. The van der Waals surface area contributed by atoms with Gasteiger partial charge in [-0.1, -0.05) is 30.3 Å². The molecule has 0 fully saturated rings. The number of imide groups is 1. The number of carboxylic acids is 2. The molecule has 0 aliphatic carbocycles. The summed E-state index contributed by atoms with van der Waals surface area (Å²) in [5, 5.41) is 21.6. The summed E-state index contributed by atoms with van der Waals surface area (Å²) in [5.74, 6) is -5.93. The van der Waals surface area contributed by atoms with Crippen LogP contribution in [0.25, 0.3) is 0 Å². The quantitative estimate of drug-likeness (QED) is 0.177. The predicted molar refractivity (Wildman–Crippen MR) is 124 cm³/mol. The molecule has 1 aliphatic heterocycles. The molecule has 1 aromatic rings. The Bertz CT molecular complexity index is 1030. The van der Waals surface area contributed by atoms with Crippen LogP contribution in [0.2, 0.25) is 0 Å². The van der Waals surface area contributed by atoms with Crippen LogP contribution in [-0.2, 0) is 35.2 Å². The zero-order valence-electron chi connectivity index (χ0n) is 19.9. The Morgan fingerprint density at radius 1 is 0.921 bits per heavy atom. The Balaban J connectivity index is 0.000000905. The monoisotopic (exact) mass is 544 g/mol. The molecule has 15 heteroatoms. The SMILES string of the molecule is NCC(=O)NC(Cc1ccccc1)C(=O)NC(CCCCN1C(=O)C=CC1=O)C(=O)O.O=C(O)C(F)(F)F. The molecule has 1 aromatic carbocycles.